The summed E-state index contributed by atoms with van der Waals surface area (Å²) >= 11 is 1.14. The van der Waals surface area contributed by atoms with Crippen molar-refractivity contribution in [2.24, 2.45) is 0 Å². The Balaban J connectivity index is 1.35. The van der Waals surface area contributed by atoms with Gasteiger partial charge in [0, 0.05) is 32.4 Å². The van der Waals surface area contributed by atoms with Crippen LogP contribution < -0.4 is 20.3 Å². The molecule has 0 radical (unpaired) electrons. The first-order valence-electron chi connectivity index (χ1n) is 10.1. The monoisotopic (exact) mass is 495 g/mol. The maximum atomic E-state index is 12.7. The molecule has 4 rings (SSSR count). The number of alkyl halides is 3. The quantitative estimate of drug-likeness (QED) is 0.486. The van der Waals surface area contributed by atoms with Crippen molar-refractivity contribution in [2.45, 2.75) is 24.9 Å². The third-order valence-electron chi connectivity index (χ3n) is 4.92. The van der Waals surface area contributed by atoms with E-state index in [1.165, 1.54) is 19.2 Å². The van der Waals surface area contributed by atoms with Crippen LogP contribution in [0.3, 0.4) is 0 Å². The predicted octanol–water partition coefficient (Wildman–Crippen LogP) is 3.24. The smallest absolute Gasteiger partial charge is 0.406 e. The Morgan fingerprint density at radius 3 is 2.76 bits per heavy atom. The van der Waals surface area contributed by atoms with Gasteiger partial charge in [0.25, 0.3) is 5.91 Å². The molecule has 0 aliphatic carbocycles. The van der Waals surface area contributed by atoms with Crippen LogP contribution in [-0.2, 0) is 9.53 Å². The number of nitrogens with one attached hydrogen (secondary N) is 2. The van der Waals surface area contributed by atoms with Crippen molar-refractivity contribution >= 4 is 33.3 Å². The summed E-state index contributed by atoms with van der Waals surface area (Å²) in [5.74, 6) is -0.259. The van der Waals surface area contributed by atoms with Gasteiger partial charge < -0.3 is 19.7 Å². The highest BCUT2D eigenvalue weighted by atomic mass is 32.1. The van der Waals surface area contributed by atoms with E-state index in [-0.39, 0.29) is 16.7 Å². The third-order valence-corrected chi connectivity index (χ3v) is 5.69. The minimum absolute atomic E-state index is 0.113. The molecule has 2 unspecified atom stereocenters. The van der Waals surface area contributed by atoms with Crippen molar-refractivity contribution in [1.82, 2.24) is 20.4 Å². The molecule has 3 aromatic rings. The highest BCUT2D eigenvalue weighted by molar-refractivity contribution is 7.19. The molecule has 1 aliphatic heterocycles. The number of carbonyl (C=O) groups is 1. The minimum Gasteiger partial charge on any atom is -0.406 e. The molecule has 1 saturated heterocycles. The van der Waals surface area contributed by atoms with E-state index in [0.717, 1.165) is 42.3 Å². The Morgan fingerprint density at radius 1 is 1.21 bits per heavy atom. The van der Waals surface area contributed by atoms with Crippen LogP contribution in [0.5, 0.6) is 5.75 Å². The Labute approximate surface area is 196 Å². The molecule has 1 aliphatic rings. The Kier molecular flexibility index (Phi) is 7.07. The molecular formula is C20H20F3N7O3S. The van der Waals surface area contributed by atoms with Crippen LogP contribution in [0.25, 0.3) is 0 Å². The summed E-state index contributed by atoms with van der Waals surface area (Å²) in [6, 6.07) is 8.88. The number of carbonyl (C=O) groups excluding carboxylic acids is 1. The molecule has 3 heterocycles. The highest BCUT2D eigenvalue weighted by Crippen LogP contribution is 2.29. The van der Waals surface area contributed by atoms with E-state index < -0.39 is 24.1 Å². The maximum absolute atomic E-state index is 12.7. The lowest BCUT2D eigenvalue weighted by molar-refractivity contribution is -0.274. The fourth-order valence-electron chi connectivity index (χ4n) is 3.50. The number of rotatable bonds is 8. The number of halogens is 3. The second-order valence-corrected chi connectivity index (χ2v) is 8.27. The summed E-state index contributed by atoms with van der Waals surface area (Å²) in [7, 11) is 1.28. The molecule has 34 heavy (non-hydrogen) atoms. The van der Waals surface area contributed by atoms with Gasteiger partial charge in [0.2, 0.25) is 10.3 Å². The van der Waals surface area contributed by atoms with E-state index >= 15 is 0 Å². The van der Waals surface area contributed by atoms with Gasteiger partial charge in [-0.3, -0.25) is 10.1 Å². The van der Waals surface area contributed by atoms with E-state index in [0.29, 0.717) is 11.7 Å². The van der Waals surface area contributed by atoms with Crippen LogP contribution in [0.2, 0.25) is 0 Å². The maximum Gasteiger partial charge on any atom is 0.573 e. The first-order valence-corrected chi connectivity index (χ1v) is 10.9. The van der Waals surface area contributed by atoms with Crippen molar-refractivity contribution in [2.75, 3.05) is 35.7 Å². The number of nitrogens with zero attached hydrogens (tertiary/aromatic N) is 5. The van der Waals surface area contributed by atoms with Crippen LogP contribution in [-0.4, -0.2) is 58.9 Å². The average Bonchev–Trinajstić information content (AvgIpc) is 3.44. The Hall–Kier alpha value is -3.52. The van der Waals surface area contributed by atoms with Gasteiger partial charge in [0.15, 0.2) is 11.9 Å². The van der Waals surface area contributed by atoms with Crippen LogP contribution in [0.1, 0.15) is 18.1 Å². The molecule has 2 N–H and O–H groups in total. The minimum atomic E-state index is -4.84. The van der Waals surface area contributed by atoms with Gasteiger partial charge in [-0.05, 0) is 36.2 Å². The first kappa shape index (κ1) is 23.6. The van der Waals surface area contributed by atoms with Crippen molar-refractivity contribution in [1.29, 1.82) is 0 Å². The second-order valence-electron chi connectivity index (χ2n) is 7.30. The number of amides is 1. The van der Waals surface area contributed by atoms with Crippen molar-refractivity contribution in [3.8, 4) is 5.75 Å². The predicted molar refractivity (Wildman–Crippen MR) is 118 cm³/mol. The number of hydrogen-bond donors (Lipinski definition) is 2. The number of methoxy groups -OCH3 is 1. The molecule has 14 heteroatoms. The number of hydrogen-bond acceptors (Lipinski definition) is 10. The number of benzene rings is 1. The summed E-state index contributed by atoms with van der Waals surface area (Å²) in [5.41, 5.74) is 0.194. The van der Waals surface area contributed by atoms with Crippen molar-refractivity contribution in [3.05, 3.63) is 48.2 Å². The largest absolute Gasteiger partial charge is 0.573 e. The van der Waals surface area contributed by atoms with E-state index in [1.54, 1.807) is 6.20 Å². The van der Waals surface area contributed by atoms with E-state index in [4.69, 9.17) is 4.74 Å². The van der Waals surface area contributed by atoms with Gasteiger partial charge in [-0.25, -0.2) is 0 Å². The van der Waals surface area contributed by atoms with Gasteiger partial charge in [0.05, 0.1) is 0 Å². The molecule has 1 amide bonds. The zero-order chi connectivity index (χ0) is 24.1. The van der Waals surface area contributed by atoms with E-state index in [1.807, 2.05) is 12.1 Å². The molecule has 0 bridgehead atoms. The molecule has 10 nitrogen and oxygen atoms in total. The number of aromatic nitrogens is 4. The Bertz CT molecular complexity index is 1120. The molecule has 1 aromatic carbocycles. The molecule has 1 fully saturated rings. The van der Waals surface area contributed by atoms with Crippen LogP contribution in [0.4, 0.5) is 29.3 Å². The zero-order valence-corrected chi connectivity index (χ0v) is 18.6. The van der Waals surface area contributed by atoms with Gasteiger partial charge >= 0.3 is 6.36 Å². The summed E-state index contributed by atoms with van der Waals surface area (Å²) in [4.78, 5) is 14.8. The van der Waals surface area contributed by atoms with Gasteiger partial charge in [-0.15, -0.1) is 28.5 Å². The molecular weight excluding hydrogens is 475 g/mol. The van der Waals surface area contributed by atoms with E-state index in [2.05, 4.69) is 40.7 Å². The molecule has 2 atom stereocenters. The lowest BCUT2D eigenvalue weighted by Crippen LogP contribution is -2.26. The third kappa shape index (κ3) is 6.08. The van der Waals surface area contributed by atoms with Crippen molar-refractivity contribution < 1.29 is 27.4 Å². The van der Waals surface area contributed by atoms with E-state index in [9.17, 15) is 18.0 Å². The topological polar surface area (TPSA) is 114 Å². The van der Waals surface area contributed by atoms with Crippen LogP contribution in [0, 0.1) is 0 Å². The number of ether oxygens (including phenoxy) is 2. The molecule has 0 saturated carbocycles. The van der Waals surface area contributed by atoms with Crippen LogP contribution in [0.15, 0.2) is 42.6 Å². The average molecular weight is 495 g/mol. The lowest BCUT2D eigenvalue weighted by atomic mass is 10.1. The van der Waals surface area contributed by atoms with Gasteiger partial charge in [-0.2, -0.15) is 5.10 Å². The SMILES string of the molecule is COC(C(=O)Nc1nnc(NC2CCN(c3cccnn3)C2)s1)c1cccc(OC(F)(F)F)c1. The summed E-state index contributed by atoms with van der Waals surface area (Å²) in [6.45, 7) is 1.52. The first-order chi connectivity index (χ1) is 16.3. The lowest BCUT2D eigenvalue weighted by Gasteiger charge is -2.16. The molecule has 0 spiro atoms. The summed E-state index contributed by atoms with van der Waals surface area (Å²) < 4.78 is 46.6. The van der Waals surface area contributed by atoms with Gasteiger partial charge in [-0.1, -0.05) is 23.5 Å². The summed E-state index contributed by atoms with van der Waals surface area (Å²) in [5, 5.41) is 22.6. The zero-order valence-electron chi connectivity index (χ0n) is 17.8. The molecule has 180 valence electrons. The fourth-order valence-corrected chi connectivity index (χ4v) is 4.22. The standard InChI is InChI=1S/C20H20F3N7O3S/c1-32-16(12-4-2-5-14(10-12)33-20(21,22)23)17(31)26-19-29-28-18(34-19)25-13-7-9-30(11-13)15-6-3-8-24-27-15/h2-6,8,10,13,16H,7,9,11H2,1H3,(H,25,28)(H,26,29,31). The van der Waals surface area contributed by atoms with Crippen molar-refractivity contribution in [3.63, 3.8) is 0 Å². The van der Waals surface area contributed by atoms with Crippen LogP contribution >= 0.6 is 11.3 Å². The summed E-state index contributed by atoms with van der Waals surface area (Å²) in [6.07, 6.45) is -3.54. The fraction of sp³-hybridized carbons (Fsp3) is 0.350. The Morgan fingerprint density at radius 2 is 2.03 bits per heavy atom. The number of anilines is 3. The van der Waals surface area contributed by atoms with Gasteiger partial charge in [0.1, 0.15) is 5.75 Å². The molecule has 2 aromatic heterocycles. The normalized spacial score (nSPS) is 16.8. The highest BCUT2D eigenvalue weighted by Gasteiger charge is 2.32. The second kappa shape index (κ2) is 10.2.